The Morgan fingerprint density at radius 3 is 2.64 bits per heavy atom. The van der Waals surface area contributed by atoms with E-state index in [2.05, 4.69) is 5.32 Å². The summed E-state index contributed by atoms with van der Waals surface area (Å²) < 4.78 is 5.13. The highest BCUT2D eigenvalue weighted by molar-refractivity contribution is 5.95. The van der Waals surface area contributed by atoms with Crippen LogP contribution in [-0.2, 0) is 20.9 Å². The van der Waals surface area contributed by atoms with E-state index >= 15 is 0 Å². The molecule has 3 rings (SSSR count). The minimum absolute atomic E-state index is 0.135. The van der Waals surface area contributed by atoms with Gasteiger partial charge in [-0.15, -0.1) is 0 Å². The van der Waals surface area contributed by atoms with Crippen LogP contribution in [0.2, 0.25) is 0 Å². The topological polar surface area (TPSA) is 75.7 Å². The molecule has 1 aliphatic rings. The number of hydrogen-bond acceptors (Lipinski definition) is 4. The summed E-state index contributed by atoms with van der Waals surface area (Å²) in [5.41, 5.74) is 4.11. The van der Waals surface area contributed by atoms with Gasteiger partial charge in [-0.05, 0) is 61.2 Å². The Kier molecular flexibility index (Phi) is 6.09. The van der Waals surface area contributed by atoms with Crippen molar-refractivity contribution in [2.75, 3.05) is 18.5 Å². The van der Waals surface area contributed by atoms with Gasteiger partial charge in [0.1, 0.15) is 0 Å². The minimum Gasteiger partial charge on any atom is -0.452 e. The highest BCUT2D eigenvalue weighted by atomic mass is 16.5. The van der Waals surface area contributed by atoms with Crippen molar-refractivity contribution in [3.63, 3.8) is 0 Å². The molecule has 28 heavy (non-hydrogen) atoms. The number of aryl methyl sites for hydroxylation is 2. The first-order valence-electron chi connectivity index (χ1n) is 9.33. The van der Waals surface area contributed by atoms with Crippen molar-refractivity contribution < 1.29 is 19.1 Å². The van der Waals surface area contributed by atoms with Crippen molar-refractivity contribution in [3.8, 4) is 0 Å². The predicted molar refractivity (Wildman–Crippen MR) is 106 cm³/mol. The molecule has 0 unspecified atom stereocenters. The summed E-state index contributed by atoms with van der Waals surface area (Å²) in [6, 6.07) is 12.6. The van der Waals surface area contributed by atoms with Crippen LogP contribution in [-0.4, -0.2) is 35.8 Å². The molecule has 0 aliphatic carbocycles. The Morgan fingerprint density at radius 2 is 1.93 bits per heavy atom. The number of amides is 2. The number of ether oxygens (including phenoxy) is 1. The van der Waals surface area contributed by atoms with Crippen LogP contribution in [0.4, 0.5) is 5.69 Å². The van der Waals surface area contributed by atoms with E-state index in [0.717, 1.165) is 29.7 Å². The summed E-state index contributed by atoms with van der Waals surface area (Å²) in [4.78, 5) is 37.9. The van der Waals surface area contributed by atoms with E-state index < -0.39 is 11.9 Å². The summed E-state index contributed by atoms with van der Waals surface area (Å²) in [6.45, 7) is 4.82. The lowest BCUT2D eigenvalue weighted by Crippen LogP contribution is -2.24. The Morgan fingerprint density at radius 1 is 1.11 bits per heavy atom. The molecular weight excluding hydrogens is 356 g/mol. The van der Waals surface area contributed by atoms with Crippen molar-refractivity contribution in [2.45, 2.75) is 33.2 Å². The molecule has 0 atom stereocenters. The highest BCUT2D eigenvalue weighted by Crippen LogP contribution is 2.16. The molecule has 146 valence electrons. The average Bonchev–Trinajstić information content (AvgIpc) is 3.07. The molecule has 2 aromatic carbocycles. The number of anilines is 1. The fourth-order valence-corrected chi connectivity index (χ4v) is 3.12. The number of esters is 1. The molecule has 2 amide bonds. The summed E-state index contributed by atoms with van der Waals surface area (Å²) in [7, 11) is 0. The predicted octanol–water partition coefficient (Wildman–Crippen LogP) is 3.22. The first-order valence-corrected chi connectivity index (χ1v) is 9.33. The van der Waals surface area contributed by atoms with Crippen LogP contribution < -0.4 is 5.32 Å². The number of hydrogen-bond donors (Lipinski definition) is 1. The molecule has 1 fully saturated rings. The van der Waals surface area contributed by atoms with Crippen LogP contribution in [0.5, 0.6) is 0 Å². The van der Waals surface area contributed by atoms with Crippen LogP contribution in [0.1, 0.15) is 39.9 Å². The maximum atomic E-state index is 12.3. The Hall–Kier alpha value is -3.15. The zero-order valence-electron chi connectivity index (χ0n) is 16.2. The molecule has 6 nitrogen and oxygen atoms in total. The van der Waals surface area contributed by atoms with Crippen molar-refractivity contribution >= 4 is 23.5 Å². The van der Waals surface area contributed by atoms with Crippen LogP contribution in [0.25, 0.3) is 0 Å². The highest BCUT2D eigenvalue weighted by Gasteiger charge is 2.20. The van der Waals surface area contributed by atoms with Crippen molar-refractivity contribution in [2.24, 2.45) is 0 Å². The summed E-state index contributed by atoms with van der Waals surface area (Å²) in [5.74, 6) is -0.823. The van der Waals surface area contributed by atoms with E-state index in [0.29, 0.717) is 24.2 Å². The van der Waals surface area contributed by atoms with Crippen molar-refractivity contribution in [1.29, 1.82) is 0 Å². The Balaban J connectivity index is 1.54. The number of nitrogens with one attached hydrogen (secondary N) is 1. The maximum Gasteiger partial charge on any atom is 0.338 e. The third kappa shape index (κ3) is 4.97. The van der Waals surface area contributed by atoms with Crippen LogP contribution in [0.15, 0.2) is 42.5 Å². The smallest absolute Gasteiger partial charge is 0.338 e. The second-order valence-electron chi connectivity index (χ2n) is 7.04. The van der Waals surface area contributed by atoms with Crippen LogP contribution >= 0.6 is 0 Å². The maximum absolute atomic E-state index is 12.3. The molecule has 0 radical (unpaired) electrons. The second-order valence-corrected chi connectivity index (χ2v) is 7.04. The molecule has 0 spiro atoms. The average molecular weight is 380 g/mol. The fraction of sp³-hybridized carbons (Fsp3) is 0.318. The minimum atomic E-state index is -0.565. The Labute approximate surface area is 164 Å². The number of likely N-dealkylation sites (tertiary alicyclic amines) is 1. The monoisotopic (exact) mass is 380 g/mol. The van der Waals surface area contributed by atoms with E-state index in [4.69, 9.17) is 4.74 Å². The number of nitrogens with zero attached hydrogens (tertiary/aromatic N) is 1. The second kappa shape index (κ2) is 8.69. The van der Waals surface area contributed by atoms with Gasteiger partial charge in [-0.1, -0.05) is 18.2 Å². The van der Waals surface area contributed by atoms with Gasteiger partial charge in [0.15, 0.2) is 6.61 Å². The normalized spacial score (nSPS) is 13.5. The van der Waals surface area contributed by atoms with Gasteiger partial charge in [0.2, 0.25) is 5.91 Å². The molecular formula is C22H24N2O4. The SMILES string of the molecule is Cc1ccc(NC(=O)COC(=O)c2cccc(CN3CCCC3=O)c2)cc1C. The Bertz CT molecular complexity index is 907. The zero-order chi connectivity index (χ0) is 20.1. The van der Waals surface area contributed by atoms with Gasteiger partial charge in [0.05, 0.1) is 5.56 Å². The summed E-state index contributed by atoms with van der Waals surface area (Å²) >= 11 is 0. The van der Waals surface area contributed by atoms with Crippen LogP contribution in [0, 0.1) is 13.8 Å². The largest absolute Gasteiger partial charge is 0.452 e. The van der Waals surface area contributed by atoms with E-state index in [9.17, 15) is 14.4 Å². The molecule has 0 saturated carbocycles. The molecule has 1 N–H and O–H groups in total. The molecule has 1 saturated heterocycles. The van der Waals surface area contributed by atoms with Gasteiger partial charge in [0.25, 0.3) is 5.91 Å². The molecule has 6 heteroatoms. The standard InChI is InChI=1S/C22H24N2O4/c1-15-8-9-19(11-16(15)2)23-20(25)14-28-22(27)18-6-3-5-17(12-18)13-24-10-4-7-21(24)26/h3,5-6,8-9,11-12H,4,7,10,13-14H2,1-2H3,(H,23,25). The number of carbonyl (C=O) groups excluding carboxylic acids is 3. The molecule has 1 heterocycles. The fourth-order valence-electron chi connectivity index (χ4n) is 3.12. The van der Waals surface area contributed by atoms with Gasteiger partial charge in [-0.3, -0.25) is 9.59 Å². The first kappa shape index (κ1) is 19.6. The van der Waals surface area contributed by atoms with Gasteiger partial charge < -0.3 is 15.0 Å². The first-order chi connectivity index (χ1) is 13.4. The van der Waals surface area contributed by atoms with E-state index in [-0.39, 0.29) is 12.5 Å². The third-order valence-electron chi connectivity index (χ3n) is 4.83. The molecule has 2 aromatic rings. The molecule has 1 aliphatic heterocycles. The summed E-state index contributed by atoms with van der Waals surface area (Å²) in [6.07, 6.45) is 1.45. The lowest BCUT2D eigenvalue weighted by Gasteiger charge is -2.15. The lowest BCUT2D eigenvalue weighted by molar-refractivity contribution is -0.128. The lowest BCUT2D eigenvalue weighted by atomic mass is 10.1. The van der Waals surface area contributed by atoms with Gasteiger partial charge in [-0.2, -0.15) is 0 Å². The van der Waals surface area contributed by atoms with Crippen molar-refractivity contribution in [3.05, 3.63) is 64.7 Å². The van der Waals surface area contributed by atoms with Gasteiger partial charge in [-0.25, -0.2) is 4.79 Å². The summed E-state index contributed by atoms with van der Waals surface area (Å²) in [5, 5.41) is 2.72. The van der Waals surface area contributed by atoms with Crippen molar-refractivity contribution in [1.82, 2.24) is 4.90 Å². The van der Waals surface area contributed by atoms with E-state index in [1.165, 1.54) is 0 Å². The van der Waals surface area contributed by atoms with Gasteiger partial charge in [0, 0.05) is 25.2 Å². The third-order valence-corrected chi connectivity index (χ3v) is 4.83. The quantitative estimate of drug-likeness (QED) is 0.781. The number of rotatable bonds is 6. The van der Waals surface area contributed by atoms with E-state index in [1.54, 1.807) is 23.1 Å². The molecule has 0 aromatic heterocycles. The number of benzene rings is 2. The number of carbonyl (C=O) groups is 3. The van der Waals surface area contributed by atoms with Gasteiger partial charge >= 0.3 is 5.97 Å². The zero-order valence-corrected chi connectivity index (χ0v) is 16.2. The molecule has 0 bridgehead atoms. The van der Waals surface area contributed by atoms with Crippen LogP contribution in [0.3, 0.4) is 0 Å². The van der Waals surface area contributed by atoms with E-state index in [1.807, 2.05) is 38.1 Å².